The largest absolute Gasteiger partial charge is 0.306 e. The van der Waals surface area contributed by atoms with Crippen molar-refractivity contribution in [2.24, 2.45) is 5.92 Å². The molecule has 88 valence electrons. The van der Waals surface area contributed by atoms with Gasteiger partial charge in [0, 0.05) is 16.9 Å². The van der Waals surface area contributed by atoms with E-state index in [9.17, 15) is 4.39 Å². The maximum Gasteiger partial charge on any atom is 0.137 e. The summed E-state index contributed by atoms with van der Waals surface area (Å²) in [6.07, 6.45) is 0.940. The summed E-state index contributed by atoms with van der Waals surface area (Å²) in [6, 6.07) is 7.59. The van der Waals surface area contributed by atoms with E-state index >= 15 is 0 Å². The van der Waals surface area contributed by atoms with E-state index < -0.39 is 5.67 Å². The van der Waals surface area contributed by atoms with Gasteiger partial charge in [-0.2, -0.15) is 0 Å². The molecule has 0 amide bonds. The van der Waals surface area contributed by atoms with Crippen LogP contribution < -0.4 is 0 Å². The first-order chi connectivity index (χ1) is 7.50. The first-order valence-electron chi connectivity index (χ1n) is 5.63. The number of halogens is 2. The van der Waals surface area contributed by atoms with Crippen molar-refractivity contribution in [3.63, 3.8) is 0 Å². The van der Waals surface area contributed by atoms with Crippen LogP contribution in [0.3, 0.4) is 0 Å². The van der Waals surface area contributed by atoms with Gasteiger partial charge in [-0.25, -0.2) is 4.39 Å². The molecule has 0 bridgehead atoms. The summed E-state index contributed by atoms with van der Waals surface area (Å²) in [5.74, 6) is 0.104. The normalized spacial score (nSPS) is 25.6. The zero-order chi connectivity index (χ0) is 11.8. The molecular weight excluding hydrogens is 269 g/mol. The van der Waals surface area contributed by atoms with Gasteiger partial charge in [0.15, 0.2) is 0 Å². The van der Waals surface area contributed by atoms with Gasteiger partial charge in [0.2, 0.25) is 0 Å². The van der Waals surface area contributed by atoms with E-state index in [-0.39, 0.29) is 5.92 Å². The smallest absolute Gasteiger partial charge is 0.137 e. The van der Waals surface area contributed by atoms with E-state index in [0.29, 0.717) is 0 Å². The third-order valence-electron chi connectivity index (χ3n) is 3.55. The fourth-order valence-corrected chi connectivity index (χ4v) is 2.80. The van der Waals surface area contributed by atoms with Crippen molar-refractivity contribution in [1.29, 1.82) is 0 Å². The fraction of sp³-hybridized carbons (Fsp3) is 0.538. The number of likely N-dealkylation sites (tertiary alicyclic amines) is 1. The third-order valence-corrected chi connectivity index (χ3v) is 4.04. The molecule has 1 fully saturated rings. The third kappa shape index (κ3) is 2.30. The van der Waals surface area contributed by atoms with Crippen LogP contribution in [0.4, 0.5) is 4.39 Å². The Labute approximate surface area is 105 Å². The van der Waals surface area contributed by atoms with Crippen LogP contribution in [-0.4, -0.2) is 25.0 Å². The molecule has 0 spiro atoms. The van der Waals surface area contributed by atoms with Crippen molar-refractivity contribution < 1.29 is 4.39 Å². The fourth-order valence-electron chi connectivity index (χ4n) is 2.41. The minimum atomic E-state index is -1.23. The van der Waals surface area contributed by atoms with Crippen molar-refractivity contribution in [3.05, 3.63) is 34.3 Å². The van der Waals surface area contributed by atoms with Crippen LogP contribution >= 0.6 is 15.9 Å². The number of hydrogen-bond acceptors (Lipinski definition) is 1. The van der Waals surface area contributed by atoms with E-state index in [1.54, 1.807) is 6.92 Å². The lowest BCUT2D eigenvalue weighted by molar-refractivity contribution is 0.106. The summed E-state index contributed by atoms with van der Waals surface area (Å²) in [5, 5.41) is 0. The lowest BCUT2D eigenvalue weighted by Crippen LogP contribution is -2.29. The van der Waals surface area contributed by atoms with Gasteiger partial charge < -0.3 is 4.90 Å². The van der Waals surface area contributed by atoms with E-state index in [2.05, 4.69) is 27.9 Å². The Morgan fingerprint density at radius 3 is 2.81 bits per heavy atom. The zero-order valence-corrected chi connectivity index (χ0v) is 11.3. The van der Waals surface area contributed by atoms with E-state index in [4.69, 9.17) is 0 Å². The molecule has 1 aliphatic heterocycles. The molecule has 1 aromatic carbocycles. The van der Waals surface area contributed by atoms with Gasteiger partial charge >= 0.3 is 0 Å². The molecule has 0 radical (unpaired) electrons. The zero-order valence-electron chi connectivity index (χ0n) is 9.71. The van der Waals surface area contributed by atoms with Gasteiger partial charge in [-0.15, -0.1) is 0 Å². The maximum atomic E-state index is 14.8. The van der Waals surface area contributed by atoms with E-state index in [0.717, 1.165) is 29.5 Å². The quantitative estimate of drug-likeness (QED) is 0.803. The Morgan fingerprint density at radius 1 is 1.50 bits per heavy atom. The van der Waals surface area contributed by atoms with Crippen LogP contribution in [0.2, 0.25) is 0 Å². The highest BCUT2D eigenvalue weighted by molar-refractivity contribution is 9.10. The van der Waals surface area contributed by atoms with Gasteiger partial charge in [-0.05, 0) is 44.6 Å². The maximum absolute atomic E-state index is 14.8. The molecule has 3 heteroatoms. The van der Waals surface area contributed by atoms with Gasteiger partial charge in [-0.3, -0.25) is 0 Å². The predicted molar refractivity (Wildman–Crippen MR) is 68.2 cm³/mol. The lowest BCUT2D eigenvalue weighted by atomic mass is 9.84. The molecule has 1 heterocycles. The summed E-state index contributed by atoms with van der Waals surface area (Å²) >= 11 is 3.40. The molecule has 0 aromatic heterocycles. The van der Waals surface area contributed by atoms with Crippen molar-refractivity contribution in [1.82, 2.24) is 4.90 Å². The minimum absolute atomic E-state index is 0.104. The lowest BCUT2D eigenvalue weighted by Gasteiger charge is -2.28. The highest BCUT2D eigenvalue weighted by atomic mass is 79.9. The predicted octanol–water partition coefficient (Wildman–Crippen LogP) is 3.59. The van der Waals surface area contributed by atoms with Crippen LogP contribution in [0, 0.1) is 5.92 Å². The monoisotopic (exact) mass is 285 g/mol. The molecular formula is C13H17BrFN. The molecule has 2 rings (SSSR count). The minimum Gasteiger partial charge on any atom is -0.306 e. The first kappa shape index (κ1) is 12.1. The van der Waals surface area contributed by atoms with Crippen molar-refractivity contribution in [3.8, 4) is 0 Å². The second kappa shape index (κ2) is 4.46. The Hall–Kier alpha value is -0.410. The molecule has 0 saturated carbocycles. The Morgan fingerprint density at radius 2 is 2.25 bits per heavy atom. The van der Waals surface area contributed by atoms with Crippen molar-refractivity contribution in [2.45, 2.75) is 19.0 Å². The average Bonchev–Trinajstić information content (AvgIpc) is 2.65. The molecule has 1 nitrogen and oxygen atoms in total. The van der Waals surface area contributed by atoms with Gasteiger partial charge in [-0.1, -0.05) is 28.1 Å². The second-order valence-electron chi connectivity index (χ2n) is 4.83. The Balaban J connectivity index is 2.24. The van der Waals surface area contributed by atoms with Crippen LogP contribution in [-0.2, 0) is 5.67 Å². The number of alkyl halides is 1. The van der Waals surface area contributed by atoms with Crippen molar-refractivity contribution >= 4 is 15.9 Å². The number of hydrogen-bond donors (Lipinski definition) is 0. The molecule has 16 heavy (non-hydrogen) atoms. The summed E-state index contributed by atoms with van der Waals surface area (Å²) < 4.78 is 15.8. The summed E-state index contributed by atoms with van der Waals surface area (Å²) in [4.78, 5) is 2.19. The Kier molecular flexibility index (Phi) is 3.36. The van der Waals surface area contributed by atoms with Gasteiger partial charge in [0.25, 0.3) is 0 Å². The second-order valence-corrected chi connectivity index (χ2v) is 5.75. The van der Waals surface area contributed by atoms with E-state index in [1.807, 2.05) is 24.3 Å². The molecule has 1 aromatic rings. The van der Waals surface area contributed by atoms with Gasteiger partial charge in [0.1, 0.15) is 5.67 Å². The Bertz CT molecular complexity index is 378. The summed E-state index contributed by atoms with van der Waals surface area (Å²) in [6.45, 7) is 3.55. The molecule has 1 saturated heterocycles. The van der Waals surface area contributed by atoms with Crippen molar-refractivity contribution in [2.75, 3.05) is 20.1 Å². The molecule has 2 atom stereocenters. The highest BCUT2D eigenvalue weighted by Crippen LogP contribution is 2.39. The van der Waals surface area contributed by atoms with Gasteiger partial charge in [0.05, 0.1) is 0 Å². The molecule has 1 aliphatic rings. The van der Waals surface area contributed by atoms with Crippen LogP contribution in [0.15, 0.2) is 28.7 Å². The summed E-state index contributed by atoms with van der Waals surface area (Å²) in [5.41, 5.74) is -0.448. The molecule has 0 aliphatic carbocycles. The van der Waals surface area contributed by atoms with Crippen LogP contribution in [0.5, 0.6) is 0 Å². The van der Waals surface area contributed by atoms with E-state index in [1.165, 1.54) is 0 Å². The van der Waals surface area contributed by atoms with Crippen LogP contribution in [0.25, 0.3) is 0 Å². The topological polar surface area (TPSA) is 3.24 Å². The standard InChI is InChI=1S/C13H17BrFN/c1-13(15,11-6-7-16(2)9-11)10-4-3-5-12(14)8-10/h3-5,8,11H,6-7,9H2,1-2H3. The SMILES string of the molecule is CN1CCC(C(C)(F)c2cccc(Br)c2)C1. The number of benzene rings is 1. The molecule has 0 N–H and O–H groups in total. The van der Waals surface area contributed by atoms with Crippen LogP contribution in [0.1, 0.15) is 18.9 Å². The summed E-state index contributed by atoms with van der Waals surface area (Å²) in [7, 11) is 2.05. The first-order valence-corrected chi connectivity index (χ1v) is 6.43. The average molecular weight is 286 g/mol. The molecule has 2 unspecified atom stereocenters. The highest BCUT2D eigenvalue weighted by Gasteiger charge is 2.39. The number of rotatable bonds is 2. The number of nitrogens with zero attached hydrogens (tertiary/aromatic N) is 1.